The number of carbonyl (C=O) groups is 2. The molecule has 2 aliphatic heterocycles. The smallest absolute Gasteiger partial charge is 0.407 e. The number of epoxide rings is 1. The molecule has 1 saturated heterocycles. The molecule has 2 aliphatic rings. The highest BCUT2D eigenvalue weighted by atomic mass is 19.1. The highest BCUT2D eigenvalue weighted by molar-refractivity contribution is 6.01. The standard InChI is InChI=1S/C19H26FN3O4/c1-3-4-10-26-19(25)21-15-8-9-23(11-13-12-27-13)17-14(20)6-5-7-16(17)22(2)18(15)24/h5-7,13,15H,3-4,8-12H2,1-2H3,(H,21,25)/t13?,15-/m0/s1. The molecule has 27 heavy (non-hydrogen) atoms. The van der Waals surface area contributed by atoms with Crippen LogP contribution in [0.1, 0.15) is 26.2 Å². The molecule has 1 unspecified atom stereocenters. The van der Waals surface area contributed by atoms with Crippen LogP contribution < -0.4 is 15.1 Å². The number of alkyl carbamates (subject to hydrolysis) is 1. The summed E-state index contributed by atoms with van der Waals surface area (Å²) in [6.07, 6.45) is 1.51. The fourth-order valence-electron chi connectivity index (χ4n) is 3.19. The number of rotatable bonds is 6. The molecule has 0 radical (unpaired) electrons. The third kappa shape index (κ3) is 4.68. The predicted molar refractivity (Wildman–Crippen MR) is 99.6 cm³/mol. The zero-order valence-electron chi connectivity index (χ0n) is 15.7. The lowest BCUT2D eigenvalue weighted by molar-refractivity contribution is -0.120. The van der Waals surface area contributed by atoms with Crippen molar-refractivity contribution in [1.29, 1.82) is 0 Å². The number of unbranched alkanes of at least 4 members (excludes halogenated alkanes) is 1. The number of hydrogen-bond donors (Lipinski definition) is 1. The first-order valence-electron chi connectivity index (χ1n) is 9.37. The van der Waals surface area contributed by atoms with E-state index in [1.165, 1.54) is 11.0 Å². The summed E-state index contributed by atoms with van der Waals surface area (Å²) < 4.78 is 25.0. The maximum absolute atomic E-state index is 14.6. The van der Waals surface area contributed by atoms with Crippen molar-refractivity contribution < 1.29 is 23.5 Å². The third-order valence-corrected chi connectivity index (χ3v) is 4.81. The molecule has 0 aromatic heterocycles. The van der Waals surface area contributed by atoms with Crippen LogP contribution in [0.15, 0.2) is 18.2 Å². The molecule has 7 nitrogen and oxygen atoms in total. The van der Waals surface area contributed by atoms with Crippen LogP contribution in [0.5, 0.6) is 0 Å². The molecule has 0 bridgehead atoms. The van der Waals surface area contributed by atoms with E-state index in [4.69, 9.17) is 9.47 Å². The van der Waals surface area contributed by atoms with Crippen LogP contribution in [-0.4, -0.2) is 57.5 Å². The molecule has 2 amide bonds. The van der Waals surface area contributed by atoms with Crippen molar-refractivity contribution in [2.75, 3.05) is 43.2 Å². The summed E-state index contributed by atoms with van der Waals surface area (Å²) in [7, 11) is 1.59. The van der Waals surface area contributed by atoms with Crippen molar-refractivity contribution in [3.05, 3.63) is 24.0 Å². The average Bonchev–Trinajstić information content (AvgIpc) is 3.46. The van der Waals surface area contributed by atoms with Gasteiger partial charge in [0.2, 0.25) is 5.91 Å². The molecular formula is C19H26FN3O4. The quantitative estimate of drug-likeness (QED) is 0.606. The SMILES string of the molecule is CCCCOC(=O)N[C@H]1CCN(CC2CO2)c2c(F)cccc2N(C)C1=O. The second kappa shape index (κ2) is 8.56. The molecule has 2 heterocycles. The van der Waals surface area contributed by atoms with Gasteiger partial charge in [0.1, 0.15) is 11.9 Å². The number of amides is 2. The zero-order chi connectivity index (χ0) is 19.4. The summed E-state index contributed by atoms with van der Waals surface area (Å²) in [4.78, 5) is 28.2. The zero-order valence-corrected chi connectivity index (χ0v) is 15.7. The molecule has 1 aromatic carbocycles. The second-order valence-corrected chi connectivity index (χ2v) is 6.88. The number of nitrogens with zero attached hydrogens (tertiary/aromatic N) is 2. The number of ether oxygens (including phenoxy) is 2. The average molecular weight is 379 g/mol. The van der Waals surface area contributed by atoms with Crippen molar-refractivity contribution in [3.8, 4) is 0 Å². The Kier molecular flexibility index (Phi) is 6.15. The van der Waals surface area contributed by atoms with Crippen LogP contribution in [0.3, 0.4) is 0 Å². The van der Waals surface area contributed by atoms with Gasteiger partial charge in [-0.1, -0.05) is 19.4 Å². The lowest BCUT2D eigenvalue weighted by atomic mass is 10.1. The fourth-order valence-corrected chi connectivity index (χ4v) is 3.19. The number of hydrogen-bond acceptors (Lipinski definition) is 5. The van der Waals surface area contributed by atoms with E-state index in [0.29, 0.717) is 44.1 Å². The van der Waals surface area contributed by atoms with E-state index >= 15 is 0 Å². The van der Waals surface area contributed by atoms with Crippen LogP contribution in [-0.2, 0) is 14.3 Å². The van der Waals surface area contributed by atoms with Crippen molar-refractivity contribution in [1.82, 2.24) is 5.32 Å². The maximum atomic E-state index is 14.6. The van der Waals surface area contributed by atoms with E-state index in [2.05, 4.69) is 5.32 Å². The number of carbonyl (C=O) groups excluding carboxylic acids is 2. The molecule has 1 N–H and O–H groups in total. The van der Waals surface area contributed by atoms with Gasteiger partial charge in [0.25, 0.3) is 0 Å². The van der Waals surface area contributed by atoms with Gasteiger partial charge in [-0.2, -0.15) is 0 Å². The van der Waals surface area contributed by atoms with Crippen LogP contribution in [0.25, 0.3) is 0 Å². The minimum atomic E-state index is -0.733. The molecular weight excluding hydrogens is 353 g/mol. The van der Waals surface area contributed by atoms with Gasteiger partial charge in [-0.05, 0) is 25.0 Å². The molecule has 1 fully saturated rings. The van der Waals surface area contributed by atoms with Crippen LogP contribution in [0.2, 0.25) is 0 Å². The number of para-hydroxylation sites is 1. The predicted octanol–water partition coefficient (Wildman–Crippen LogP) is 2.29. The first kappa shape index (κ1) is 19.4. The topological polar surface area (TPSA) is 74.4 Å². The minimum absolute atomic E-state index is 0.0725. The van der Waals surface area contributed by atoms with Gasteiger partial charge < -0.3 is 24.6 Å². The van der Waals surface area contributed by atoms with E-state index in [9.17, 15) is 14.0 Å². The van der Waals surface area contributed by atoms with E-state index in [1.54, 1.807) is 19.2 Å². The molecule has 2 atom stereocenters. The lowest BCUT2D eigenvalue weighted by Gasteiger charge is -2.35. The number of anilines is 2. The van der Waals surface area contributed by atoms with Gasteiger partial charge in [-0.15, -0.1) is 0 Å². The van der Waals surface area contributed by atoms with Gasteiger partial charge in [0, 0.05) is 20.1 Å². The number of halogens is 1. The van der Waals surface area contributed by atoms with Gasteiger partial charge in [-0.25, -0.2) is 9.18 Å². The fraction of sp³-hybridized carbons (Fsp3) is 0.579. The third-order valence-electron chi connectivity index (χ3n) is 4.81. The Labute approximate surface area is 158 Å². The summed E-state index contributed by atoms with van der Waals surface area (Å²) in [5.74, 6) is -0.671. The second-order valence-electron chi connectivity index (χ2n) is 6.88. The van der Waals surface area contributed by atoms with Gasteiger partial charge in [-0.3, -0.25) is 4.79 Å². The van der Waals surface area contributed by atoms with E-state index < -0.39 is 12.1 Å². The van der Waals surface area contributed by atoms with Crippen molar-refractivity contribution in [2.24, 2.45) is 0 Å². The first-order chi connectivity index (χ1) is 13.0. The Morgan fingerprint density at radius 3 is 2.93 bits per heavy atom. The highest BCUT2D eigenvalue weighted by Gasteiger charge is 2.34. The lowest BCUT2D eigenvalue weighted by Crippen LogP contribution is -2.51. The molecule has 0 saturated carbocycles. The monoisotopic (exact) mass is 379 g/mol. The van der Waals surface area contributed by atoms with Crippen LogP contribution >= 0.6 is 0 Å². The Bertz CT molecular complexity index is 696. The number of benzene rings is 1. The number of fused-ring (bicyclic) bond motifs is 1. The van der Waals surface area contributed by atoms with Gasteiger partial charge in [0.15, 0.2) is 0 Å². The summed E-state index contributed by atoms with van der Waals surface area (Å²) in [5, 5.41) is 2.66. The van der Waals surface area contributed by atoms with Crippen LogP contribution in [0.4, 0.5) is 20.6 Å². The van der Waals surface area contributed by atoms with Crippen LogP contribution in [0, 0.1) is 5.82 Å². The molecule has 8 heteroatoms. The van der Waals surface area contributed by atoms with E-state index in [1.807, 2.05) is 11.8 Å². The Morgan fingerprint density at radius 1 is 1.44 bits per heavy atom. The molecule has 0 spiro atoms. The summed E-state index contributed by atoms with van der Waals surface area (Å²) >= 11 is 0. The van der Waals surface area contributed by atoms with Crippen molar-refractivity contribution in [3.63, 3.8) is 0 Å². The minimum Gasteiger partial charge on any atom is -0.450 e. The van der Waals surface area contributed by atoms with Gasteiger partial charge in [0.05, 0.1) is 30.7 Å². The Balaban J connectivity index is 1.79. The highest BCUT2D eigenvalue weighted by Crippen LogP contribution is 2.35. The van der Waals surface area contributed by atoms with E-state index in [-0.39, 0.29) is 17.8 Å². The largest absolute Gasteiger partial charge is 0.450 e. The molecule has 0 aliphatic carbocycles. The maximum Gasteiger partial charge on any atom is 0.407 e. The summed E-state index contributed by atoms with van der Waals surface area (Å²) in [6, 6.07) is 3.94. The summed E-state index contributed by atoms with van der Waals surface area (Å²) in [5.41, 5.74) is 0.874. The number of likely N-dealkylation sites (N-methyl/N-ethyl adjacent to an activating group) is 1. The number of nitrogens with one attached hydrogen (secondary N) is 1. The summed E-state index contributed by atoms with van der Waals surface area (Å²) in [6.45, 7) is 3.94. The van der Waals surface area contributed by atoms with Crippen molar-refractivity contribution in [2.45, 2.75) is 38.3 Å². The molecule has 1 aromatic rings. The van der Waals surface area contributed by atoms with E-state index in [0.717, 1.165) is 12.8 Å². The molecule has 148 valence electrons. The van der Waals surface area contributed by atoms with Crippen molar-refractivity contribution >= 4 is 23.4 Å². The van der Waals surface area contributed by atoms with Gasteiger partial charge >= 0.3 is 6.09 Å². The Morgan fingerprint density at radius 2 is 2.22 bits per heavy atom. The normalized spacial score (nSPS) is 22.0. The molecule has 3 rings (SSSR count). The first-order valence-corrected chi connectivity index (χ1v) is 9.37. The Hall–Kier alpha value is -2.35.